The summed E-state index contributed by atoms with van der Waals surface area (Å²) in [4.78, 5) is 12.7. The lowest BCUT2D eigenvalue weighted by Crippen LogP contribution is -2.68. The fraction of sp³-hybridized carbons (Fsp3) is 0.409. The van der Waals surface area contributed by atoms with Gasteiger partial charge in [-0.2, -0.15) is 0 Å². The maximum atomic E-state index is 12.7. The molecule has 0 unspecified atom stereocenters. The Kier molecular flexibility index (Phi) is 7.87. The second-order valence-electron chi connectivity index (χ2n) is 7.12. The number of halogens is 2. The first kappa shape index (κ1) is 23.2. The maximum Gasteiger partial charge on any atom is 0.259 e. The molecule has 1 aliphatic heterocycles. The van der Waals surface area contributed by atoms with Crippen molar-refractivity contribution in [2.75, 3.05) is 6.61 Å². The lowest BCUT2D eigenvalue weighted by Gasteiger charge is -2.48. The van der Waals surface area contributed by atoms with Crippen molar-refractivity contribution < 1.29 is 27.6 Å². The summed E-state index contributed by atoms with van der Waals surface area (Å²) in [6.07, 6.45) is -1.91. The molecule has 0 N–H and O–H groups in total. The first-order valence-electron chi connectivity index (χ1n) is 9.55. The number of hydrogen-bond acceptors (Lipinski definition) is 6. The van der Waals surface area contributed by atoms with Crippen LogP contribution >= 0.6 is 23.7 Å². The summed E-state index contributed by atoms with van der Waals surface area (Å²) < 4.78 is 28.1. The molecule has 0 aromatic heterocycles. The van der Waals surface area contributed by atoms with Crippen molar-refractivity contribution in [3.05, 3.63) is 60.7 Å². The van der Waals surface area contributed by atoms with Gasteiger partial charge in [0.1, 0.15) is 12.2 Å². The molecule has 2 aromatic rings. The molecule has 5 atom stereocenters. The van der Waals surface area contributed by atoms with Crippen LogP contribution in [-0.2, 0) is 34.2 Å². The van der Waals surface area contributed by atoms with E-state index in [1.165, 1.54) is 13.0 Å². The molecule has 0 amide bonds. The highest BCUT2D eigenvalue weighted by Gasteiger charge is 2.60. The molecule has 2 aromatic carbocycles. The van der Waals surface area contributed by atoms with Gasteiger partial charge in [-0.25, -0.2) is 0 Å². The SMILES string of the molecule is C=CCO[C@]1(C(C)=O)O[C@@H](C)[C@@H](OCl)[C@@H](OCl)[C@@H]1OCc1cccc2ccccc12. The van der Waals surface area contributed by atoms with Gasteiger partial charge in [-0.15, -0.1) is 6.58 Å². The Morgan fingerprint density at radius 2 is 1.87 bits per heavy atom. The smallest absolute Gasteiger partial charge is 0.259 e. The van der Waals surface area contributed by atoms with E-state index < -0.39 is 36.0 Å². The van der Waals surface area contributed by atoms with Crippen LogP contribution in [-0.4, -0.2) is 42.6 Å². The minimum atomic E-state index is -1.76. The fourth-order valence-corrected chi connectivity index (χ4v) is 4.21. The molecule has 30 heavy (non-hydrogen) atoms. The van der Waals surface area contributed by atoms with Crippen LogP contribution in [0.4, 0.5) is 0 Å². The number of benzene rings is 2. The van der Waals surface area contributed by atoms with Crippen molar-refractivity contribution in [2.24, 2.45) is 0 Å². The summed E-state index contributed by atoms with van der Waals surface area (Å²) in [7, 11) is 0. The van der Waals surface area contributed by atoms with Crippen LogP contribution in [0.2, 0.25) is 0 Å². The molecule has 1 saturated heterocycles. The van der Waals surface area contributed by atoms with E-state index in [0.29, 0.717) is 0 Å². The highest BCUT2D eigenvalue weighted by molar-refractivity contribution is 6.08. The van der Waals surface area contributed by atoms with Crippen molar-refractivity contribution >= 4 is 40.3 Å². The van der Waals surface area contributed by atoms with Gasteiger partial charge in [0.15, 0.2) is 11.9 Å². The number of hydrogen-bond donors (Lipinski definition) is 0. The highest BCUT2D eigenvalue weighted by atomic mass is 35.5. The third-order valence-corrected chi connectivity index (χ3v) is 5.64. The van der Waals surface area contributed by atoms with Crippen LogP contribution in [0.25, 0.3) is 10.8 Å². The van der Waals surface area contributed by atoms with Gasteiger partial charge >= 0.3 is 0 Å². The summed E-state index contributed by atoms with van der Waals surface area (Å²) >= 11 is 11.5. The lowest BCUT2D eigenvalue weighted by atomic mass is 9.90. The third kappa shape index (κ3) is 4.41. The van der Waals surface area contributed by atoms with E-state index in [2.05, 4.69) is 6.58 Å². The number of fused-ring (bicyclic) bond motifs is 1. The normalized spacial score (nSPS) is 29.1. The van der Waals surface area contributed by atoms with Gasteiger partial charge in [-0.05, 0) is 23.3 Å². The van der Waals surface area contributed by atoms with E-state index in [1.54, 1.807) is 6.92 Å². The minimum Gasteiger partial charge on any atom is -0.364 e. The van der Waals surface area contributed by atoms with Gasteiger partial charge < -0.3 is 14.2 Å². The molecule has 0 bridgehead atoms. The van der Waals surface area contributed by atoms with Gasteiger partial charge in [0.05, 0.1) is 43.0 Å². The average Bonchev–Trinajstić information content (AvgIpc) is 2.76. The molecule has 6 nitrogen and oxygen atoms in total. The fourth-order valence-electron chi connectivity index (χ4n) is 3.77. The molecular formula is C22H24Cl2O6. The van der Waals surface area contributed by atoms with Gasteiger partial charge in [-0.3, -0.25) is 13.4 Å². The van der Waals surface area contributed by atoms with E-state index in [-0.39, 0.29) is 13.2 Å². The lowest BCUT2D eigenvalue weighted by molar-refractivity contribution is -0.338. The van der Waals surface area contributed by atoms with Crippen LogP contribution in [0.5, 0.6) is 0 Å². The first-order chi connectivity index (χ1) is 14.5. The summed E-state index contributed by atoms with van der Waals surface area (Å²) in [5, 5.41) is 2.10. The van der Waals surface area contributed by atoms with E-state index in [4.69, 9.17) is 46.5 Å². The van der Waals surface area contributed by atoms with E-state index >= 15 is 0 Å². The summed E-state index contributed by atoms with van der Waals surface area (Å²) in [6.45, 7) is 6.90. The monoisotopic (exact) mass is 454 g/mol. The molecule has 0 aliphatic carbocycles. The van der Waals surface area contributed by atoms with Crippen molar-refractivity contribution in [1.29, 1.82) is 0 Å². The number of carbonyl (C=O) groups excluding carboxylic acids is 1. The Balaban J connectivity index is 1.98. The molecule has 1 heterocycles. The first-order valence-corrected chi connectivity index (χ1v) is 10.2. The van der Waals surface area contributed by atoms with Crippen LogP contribution < -0.4 is 0 Å². The third-order valence-electron chi connectivity index (χ3n) is 5.23. The molecule has 0 saturated carbocycles. The molecule has 3 rings (SSSR count). The van der Waals surface area contributed by atoms with Crippen LogP contribution in [0.3, 0.4) is 0 Å². The Labute approximate surface area is 185 Å². The quantitative estimate of drug-likeness (QED) is 0.511. The number of carbonyl (C=O) groups is 1. The summed E-state index contributed by atoms with van der Waals surface area (Å²) in [5.74, 6) is -2.16. The predicted octanol–water partition coefficient (Wildman–Crippen LogP) is 4.71. The molecular weight excluding hydrogens is 431 g/mol. The Hall–Kier alpha value is -1.51. The highest BCUT2D eigenvalue weighted by Crippen LogP contribution is 2.38. The standard InChI is InChI=1S/C22H24Cl2O6/c1-4-12-27-22(15(3)25)21(20(30-24)19(29-23)14(2)28-22)26-13-17-10-7-9-16-8-5-6-11-18(16)17/h4-11,14,19-21H,1,12-13H2,2-3H3/t14-,19+,20+,21-,22+/m0/s1. The van der Waals surface area contributed by atoms with E-state index in [0.717, 1.165) is 16.3 Å². The summed E-state index contributed by atoms with van der Waals surface area (Å²) in [5.41, 5.74) is 0.921. The van der Waals surface area contributed by atoms with Gasteiger partial charge in [0.25, 0.3) is 5.79 Å². The van der Waals surface area contributed by atoms with Crippen molar-refractivity contribution in [3.63, 3.8) is 0 Å². The molecule has 0 radical (unpaired) electrons. The zero-order valence-electron chi connectivity index (χ0n) is 16.8. The second-order valence-corrected chi connectivity index (χ2v) is 7.48. The molecule has 162 valence electrons. The van der Waals surface area contributed by atoms with E-state index in [1.807, 2.05) is 42.5 Å². The van der Waals surface area contributed by atoms with Crippen molar-refractivity contribution in [1.82, 2.24) is 0 Å². The second kappa shape index (κ2) is 10.2. The predicted molar refractivity (Wildman–Crippen MR) is 114 cm³/mol. The number of ether oxygens (including phenoxy) is 3. The molecule has 8 heteroatoms. The zero-order valence-corrected chi connectivity index (χ0v) is 18.3. The van der Waals surface area contributed by atoms with Crippen LogP contribution in [0, 0.1) is 0 Å². The topological polar surface area (TPSA) is 63.2 Å². The van der Waals surface area contributed by atoms with Gasteiger partial charge in [0, 0.05) is 6.92 Å². The van der Waals surface area contributed by atoms with Crippen molar-refractivity contribution in [2.45, 2.75) is 50.7 Å². The Morgan fingerprint density at radius 3 is 2.53 bits per heavy atom. The van der Waals surface area contributed by atoms with Gasteiger partial charge in [-0.1, -0.05) is 48.5 Å². The molecule has 1 aliphatic rings. The van der Waals surface area contributed by atoms with Crippen molar-refractivity contribution in [3.8, 4) is 0 Å². The Morgan fingerprint density at radius 1 is 1.17 bits per heavy atom. The zero-order chi connectivity index (χ0) is 21.7. The number of Topliss-reactive ketones (excluding diaryl/α,β-unsaturated/α-hetero) is 1. The van der Waals surface area contributed by atoms with Crippen LogP contribution in [0.1, 0.15) is 19.4 Å². The van der Waals surface area contributed by atoms with Gasteiger partial charge in [0.2, 0.25) is 0 Å². The molecule has 0 spiro atoms. The Bertz CT molecular complexity index is 886. The average molecular weight is 455 g/mol. The maximum absolute atomic E-state index is 12.7. The van der Waals surface area contributed by atoms with Crippen LogP contribution in [0.15, 0.2) is 55.1 Å². The largest absolute Gasteiger partial charge is 0.364 e. The van der Waals surface area contributed by atoms with E-state index in [9.17, 15) is 4.79 Å². The minimum absolute atomic E-state index is 0.0574. The molecule has 1 fully saturated rings. The number of ketones is 1. The number of rotatable bonds is 9. The summed E-state index contributed by atoms with van der Waals surface area (Å²) in [6, 6.07) is 13.8.